The molecule has 7 nitrogen and oxygen atoms in total. The second-order valence-electron chi connectivity index (χ2n) is 7.98. The van der Waals surface area contributed by atoms with Gasteiger partial charge in [0.05, 0.1) is 13.1 Å². The molecule has 0 amide bonds. The summed E-state index contributed by atoms with van der Waals surface area (Å²) < 4.78 is 10.6. The average molecular weight is 360 g/mol. The van der Waals surface area contributed by atoms with Gasteiger partial charge in [0.2, 0.25) is 0 Å². The quantitative estimate of drug-likeness (QED) is 0.423. The first-order chi connectivity index (χ1) is 11.4. The summed E-state index contributed by atoms with van der Waals surface area (Å²) in [6.07, 6.45) is 0. The van der Waals surface area contributed by atoms with Gasteiger partial charge in [-0.25, -0.2) is 0 Å². The van der Waals surface area contributed by atoms with E-state index in [2.05, 4.69) is 10.6 Å². The van der Waals surface area contributed by atoms with Gasteiger partial charge in [-0.05, 0) is 48.1 Å². The fourth-order valence-corrected chi connectivity index (χ4v) is 2.05. The molecule has 0 rings (SSSR count). The van der Waals surface area contributed by atoms with Crippen LogP contribution in [0.3, 0.4) is 0 Å². The SMILES string of the molecule is CCNCCN(CCNCC(=O)OC(C)(C)C)CC(=O)OC(C)(C)C. The molecule has 0 aliphatic heterocycles. The number of nitrogens with one attached hydrogen (secondary N) is 2. The van der Waals surface area contributed by atoms with Crippen molar-refractivity contribution in [3.05, 3.63) is 0 Å². The van der Waals surface area contributed by atoms with E-state index in [4.69, 9.17) is 9.47 Å². The summed E-state index contributed by atoms with van der Waals surface area (Å²) in [6.45, 7) is 17.2. The van der Waals surface area contributed by atoms with Crippen LogP contribution in [0.5, 0.6) is 0 Å². The van der Waals surface area contributed by atoms with Gasteiger partial charge < -0.3 is 20.1 Å². The van der Waals surface area contributed by atoms with Crippen molar-refractivity contribution >= 4 is 11.9 Å². The van der Waals surface area contributed by atoms with Crippen LogP contribution < -0.4 is 10.6 Å². The van der Waals surface area contributed by atoms with Crippen LogP contribution in [-0.2, 0) is 19.1 Å². The van der Waals surface area contributed by atoms with Crippen LogP contribution in [-0.4, -0.2) is 73.9 Å². The van der Waals surface area contributed by atoms with Crippen LogP contribution in [0.15, 0.2) is 0 Å². The summed E-state index contributed by atoms with van der Waals surface area (Å²) in [4.78, 5) is 25.7. The Kier molecular flexibility index (Phi) is 10.9. The molecule has 0 aromatic rings. The van der Waals surface area contributed by atoms with Crippen LogP contribution in [0.25, 0.3) is 0 Å². The number of likely N-dealkylation sites (N-methyl/N-ethyl adjacent to an activating group) is 1. The highest BCUT2D eigenvalue weighted by molar-refractivity contribution is 5.72. The molecule has 0 aromatic carbocycles. The van der Waals surface area contributed by atoms with E-state index >= 15 is 0 Å². The van der Waals surface area contributed by atoms with Gasteiger partial charge in [0.15, 0.2) is 0 Å². The van der Waals surface area contributed by atoms with E-state index in [1.807, 2.05) is 53.4 Å². The standard InChI is InChI=1S/C18H37N3O4/c1-8-19-9-11-21(14-16(23)25-18(5,6)7)12-10-20-13-15(22)24-17(2,3)4/h19-20H,8-14H2,1-7H3. The Labute approximate surface area is 152 Å². The molecule has 0 bridgehead atoms. The second kappa shape index (κ2) is 11.4. The normalized spacial score (nSPS) is 12.3. The number of rotatable bonds is 11. The molecule has 0 fully saturated rings. The molecule has 0 aliphatic carbocycles. The van der Waals surface area contributed by atoms with E-state index in [9.17, 15) is 9.59 Å². The summed E-state index contributed by atoms with van der Waals surface area (Å²) >= 11 is 0. The number of nitrogens with zero attached hydrogens (tertiary/aromatic N) is 1. The highest BCUT2D eigenvalue weighted by Crippen LogP contribution is 2.07. The zero-order valence-corrected chi connectivity index (χ0v) is 17.0. The van der Waals surface area contributed by atoms with Crippen LogP contribution in [0.2, 0.25) is 0 Å². The Morgan fingerprint density at radius 1 is 0.840 bits per heavy atom. The number of hydrogen-bond donors (Lipinski definition) is 2. The topological polar surface area (TPSA) is 79.9 Å². The molecule has 0 saturated carbocycles. The third kappa shape index (κ3) is 16.1. The van der Waals surface area contributed by atoms with Gasteiger partial charge in [0.1, 0.15) is 11.2 Å². The van der Waals surface area contributed by atoms with Gasteiger partial charge in [0, 0.05) is 26.2 Å². The summed E-state index contributed by atoms with van der Waals surface area (Å²) in [7, 11) is 0. The first-order valence-corrected chi connectivity index (χ1v) is 9.00. The Hall–Kier alpha value is -1.18. The molecule has 0 atom stereocenters. The Morgan fingerprint density at radius 2 is 1.32 bits per heavy atom. The Balaban J connectivity index is 4.26. The lowest BCUT2D eigenvalue weighted by Gasteiger charge is -2.25. The highest BCUT2D eigenvalue weighted by atomic mass is 16.6. The van der Waals surface area contributed by atoms with Crippen LogP contribution >= 0.6 is 0 Å². The van der Waals surface area contributed by atoms with Crippen molar-refractivity contribution in [3.8, 4) is 0 Å². The first kappa shape index (κ1) is 23.8. The molecule has 0 saturated heterocycles. The minimum atomic E-state index is -0.487. The zero-order valence-electron chi connectivity index (χ0n) is 17.0. The van der Waals surface area contributed by atoms with Gasteiger partial charge in [-0.3, -0.25) is 14.5 Å². The lowest BCUT2D eigenvalue weighted by Crippen LogP contribution is -2.42. The smallest absolute Gasteiger partial charge is 0.320 e. The van der Waals surface area contributed by atoms with E-state index in [-0.39, 0.29) is 25.0 Å². The molecule has 0 aliphatic rings. The molecule has 0 aromatic heterocycles. The summed E-state index contributed by atoms with van der Waals surface area (Å²) in [5, 5.41) is 6.31. The molecule has 2 N–H and O–H groups in total. The van der Waals surface area contributed by atoms with Gasteiger partial charge >= 0.3 is 11.9 Å². The number of hydrogen-bond acceptors (Lipinski definition) is 7. The van der Waals surface area contributed by atoms with E-state index in [1.54, 1.807) is 0 Å². The zero-order chi connectivity index (χ0) is 19.5. The molecule has 0 radical (unpaired) electrons. The summed E-state index contributed by atoms with van der Waals surface area (Å²) in [6, 6.07) is 0. The minimum Gasteiger partial charge on any atom is -0.459 e. The third-order valence-electron chi connectivity index (χ3n) is 2.92. The second-order valence-corrected chi connectivity index (χ2v) is 7.98. The van der Waals surface area contributed by atoms with Crippen molar-refractivity contribution in [3.63, 3.8) is 0 Å². The maximum Gasteiger partial charge on any atom is 0.320 e. The molecule has 25 heavy (non-hydrogen) atoms. The maximum atomic E-state index is 12.0. The fourth-order valence-electron chi connectivity index (χ4n) is 2.05. The predicted octanol–water partition coefficient (Wildman–Crippen LogP) is 1.17. The van der Waals surface area contributed by atoms with Crippen molar-refractivity contribution in [2.45, 2.75) is 59.7 Å². The molecule has 0 unspecified atom stereocenters. The molecule has 148 valence electrons. The first-order valence-electron chi connectivity index (χ1n) is 9.00. The van der Waals surface area contributed by atoms with Crippen LogP contribution in [0.4, 0.5) is 0 Å². The van der Waals surface area contributed by atoms with Gasteiger partial charge in [-0.15, -0.1) is 0 Å². The molecular formula is C18H37N3O4. The number of carbonyl (C=O) groups is 2. The van der Waals surface area contributed by atoms with Gasteiger partial charge in [-0.1, -0.05) is 6.92 Å². The number of ether oxygens (including phenoxy) is 2. The van der Waals surface area contributed by atoms with Crippen molar-refractivity contribution in [1.29, 1.82) is 0 Å². The molecule has 7 heteroatoms. The number of carbonyl (C=O) groups excluding carboxylic acids is 2. The van der Waals surface area contributed by atoms with E-state index in [1.165, 1.54) is 0 Å². The summed E-state index contributed by atoms with van der Waals surface area (Å²) in [5.74, 6) is -0.519. The molecular weight excluding hydrogens is 322 g/mol. The van der Waals surface area contributed by atoms with Crippen molar-refractivity contribution in [2.24, 2.45) is 0 Å². The van der Waals surface area contributed by atoms with Gasteiger partial charge in [0.25, 0.3) is 0 Å². The van der Waals surface area contributed by atoms with Gasteiger partial charge in [-0.2, -0.15) is 0 Å². The lowest BCUT2D eigenvalue weighted by molar-refractivity contribution is -0.156. The van der Waals surface area contributed by atoms with E-state index in [0.717, 1.165) is 19.6 Å². The van der Waals surface area contributed by atoms with E-state index < -0.39 is 11.2 Å². The Morgan fingerprint density at radius 3 is 1.80 bits per heavy atom. The van der Waals surface area contributed by atoms with Crippen LogP contribution in [0, 0.1) is 0 Å². The largest absolute Gasteiger partial charge is 0.459 e. The highest BCUT2D eigenvalue weighted by Gasteiger charge is 2.19. The third-order valence-corrected chi connectivity index (χ3v) is 2.92. The van der Waals surface area contributed by atoms with Crippen LogP contribution in [0.1, 0.15) is 48.5 Å². The van der Waals surface area contributed by atoms with Crippen molar-refractivity contribution in [1.82, 2.24) is 15.5 Å². The van der Waals surface area contributed by atoms with E-state index in [0.29, 0.717) is 13.1 Å². The van der Waals surface area contributed by atoms with Crippen molar-refractivity contribution in [2.75, 3.05) is 45.8 Å². The summed E-state index contributed by atoms with van der Waals surface area (Å²) in [5.41, 5.74) is -0.966. The molecule has 0 spiro atoms. The minimum absolute atomic E-state index is 0.157. The molecule has 0 heterocycles. The lowest BCUT2D eigenvalue weighted by atomic mass is 10.2. The number of esters is 2. The van der Waals surface area contributed by atoms with Crippen molar-refractivity contribution < 1.29 is 19.1 Å². The Bertz CT molecular complexity index is 400. The average Bonchev–Trinajstić information content (AvgIpc) is 2.39. The monoisotopic (exact) mass is 359 g/mol. The maximum absolute atomic E-state index is 12.0. The predicted molar refractivity (Wildman–Crippen MR) is 99.5 cm³/mol. The fraction of sp³-hybridized carbons (Fsp3) is 0.889.